The van der Waals surface area contributed by atoms with Crippen molar-refractivity contribution in [1.82, 2.24) is 10.2 Å². The second kappa shape index (κ2) is 10.6. The number of nitrogens with zero attached hydrogens (tertiary/aromatic N) is 1. The van der Waals surface area contributed by atoms with Crippen LogP contribution in [0.3, 0.4) is 0 Å². The molecule has 0 radical (unpaired) electrons. The number of piperidine rings is 1. The normalized spacial score (nSPS) is 21.2. The Kier molecular flexibility index (Phi) is 9.43. The first-order valence-corrected chi connectivity index (χ1v) is 7.77. The van der Waals surface area contributed by atoms with E-state index in [2.05, 4.69) is 24.1 Å². The molecule has 1 aliphatic heterocycles. The molecule has 1 fully saturated rings. The number of nitrogens with one attached hydrogen (secondary N) is 1. The molecular weight excluding hydrogens is 240 g/mol. The summed E-state index contributed by atoms with van der Waals surface area (Å²) in [7, 11) is 1.71. The molecule has 1 aliphatic rings. The van der Waals surface area contributed by atoms with Gasteiger partial charge in [-0.2, -0.15) is 0 Å². The van der Waals surface area contributed by atoms with Gasteiger partial charge in [-0.05, 0) is 38.8 Å². The summed E-state index contributed by atoms with van der Waals surface area (Å²) in [5.41, 5.74) is 0. The van der Waals surface area contributed by atoms with Gasteiger partial charge >= 0.3 is 0 Å². The van der Waals surface area contributed by atoms with Crippen LogP contribution in [0.25, 0.3) is 0 Å². The van der Waals surface area contributed by atoms with E-state index in [4.69, 9.17) is 9.47 Å². The molecule has 0 amide bonds. The van der Waals surface area contributed by atoms with Crippen molar-refractivity contribution in [3.8, 4) is 0 Å². The Morgan fingerprint density at radius 3 is 2.79 bits per heavy atom. The third-order valence-electron chi connectivity index (χ3n) is 3.52. The van der Waals surface area contributed by atoms with E-state index in [-0.39, 0.29) is 0 Å². The molecule has 4 heteroatoms. The Balaban J connectivity index is 1.99. The van der Waals surface area contributed by atoms with Crippen LogP contribution in [0, 0.1) is 0 Å². The van der Waals surface area contributed by atoms with Gasteiger partial charge in [0.2, 0.25) is 0 Å². The van der Waals surface area contributed by atoms with E-state index in [9.17, 15) is 0 Å². The van der Waals surface area contributed by atoms with Gasteiger partial charge in [0.1, 0.15) is 0 Å². The molecule has 1 N–H and O–H groups in total. The number of rotatable bonds is 10. The molecule has 1 unspecified atom stereocenters. The SMILES string of the molecule is COCCOCCCCN1CCCC(NC(C)C)C1. The Hall–Kier alpha value is -0.160. The number of unbranched alkanes of at least 4 members (excludes halogenated alkanes) is 1. The van der Waals surface area contributed by atoms with Crippen LogP contribution in [-0.4, -0.2) is 63.5 Å². The first kappa shape index (κ1) is 16.9. The van der Waals surface area contributed by atoms with E-state index in [0.29, 0.717) is 18.7 Å². The number of likely N-dealkylation sites (tertiary alicyclic amines) is 1. The van der Waals surface area contributed by atoms with Gasteiger partial charge in [-0.3, -0.25) is 0 Å². The summed E-state index contributed by atoms with van der Waals surface area (Å²) in [6, 6.07) is 1.28. The minimum atomic E-state index is 0.596. The predicted molar refractivity (Wildman–Crippen MR) is 79.7 cm³/mol. The lowest BCUT2D eigenvalue weighted by molar-refractivity contribution is 0.0670. The summed E-state index contributed by atoms with van der Waals surface area (Å²) < 4.78 is 10.4. The standard InChI is InChI=1S/C15H32N2O2/c1-14(2)16-15-7-6-9-17(13-15)8-4-5-10-19-12-11-18-3/h14-16H,4-13H2,1-3H3. The minimum absolute atomic E-state index is 0.596. The zero-order chi connectivity index (χ0) is 13.9. The second-order valence-electron chi connectivity index (χ2n) is 5.77. The summed E-state index contributed by atoms with van der Waals surface area (Å²) in [5.74, 6) is 0. The monoisotopic (exact) mass is 272 g/mol. The third kappa shape index (κ3) is 8.58. The summed E-state index contributed by atoms with van der Waals surface area (Å²) in [4.78, 5) is 2.60. The van der Waals surface area contributed by atoms with E-state index in [1.54, 1.807) is 7.11 Å². The number of ether oxygens (including phenoxy) is 2. The lowest BCUT2D eigenvalue weighted by atomic mass is 10.0. The maximum Gasteiger partial charge on any atom is 0.0700 e. The Bertz CT molecular complexity index is 212. The number of hydrogen-bond donors (Lipinski definition) is 1. The van der Waals surface area contributed by atoms with Gasteiger partial charge in [0, 0.05) is 32.3 Å². The highest BCUT2D eigenvalue weighted by Gasteiger charge is 2.19. The predicted octanol–water partition coefficient (Wildman–Crippen LogP) is 1.89. The summed E-state index contributed by atoms with van der Waals surface area (Å²) in [6.45, 7) is 10.4. The average Bonchev–Trinajstić information content (AvgIpc) is 2.37. The zero-order valence-electron chi connectivity index (χ0n) is 13.0. The lowest BCUT2D eigenvalue weighted by Crippen LogP contribution is -2.47. The van der Waals surface area contributed by atoms with Crippen LogP contribution in [0.5, 0.6) is 0 Å². The van der Waals surface area contributed by atoms with Gasteiger partial charge in [0.25, 0.3) is 0 Å². The quantitative estimate of drug-likeness (QED) is 0.616. The maximum absolute atomic E-state index is 5.48. The molecule has 1 rings (SSSR count). The minimum Gasteiger partial charge on any atom is -0.382 e. The summed E-state index contributed by atoms with van der Waals surface area (Å²) in [6.07, 6.45) is 5.05. The largest absolute Gasteiger partial charge is 0.382 e. The molecule has 0 aromatic carbocycles. The van der Waals surface area contributed by atoms with Crippen molar-refractivity contribution in [2.75, 3.05) is 46.6 Å². The van der Waals surface area contributed by atoms with Crippen LogP contribution < -0.4 is 5.32 Å². The third-order valence-corrected chi connectivity index (χ3v) is 3.52. The first-order valence-electron chi connectivity index (χ1n) is 7.77. The van der Waals surface area contributed by atoms with Crippen molar-refractivity contribution in [3.63, 3.8) is 0 Å². The smallest absolute Gasteiger partial charge is 0.0700 e. The molecule has 0 saturated carbocycles. The molecule has 1 heterocycles. The second-order valence-corrected chi connectivity index (χ2v) is 5.77. The maximum atomic E-state index is 5.48. The average molecular weight is 272 g/mol. The van der Waals surface area contributed by atoms with Crippen molar-refractivity contribution in [3.05, 3.63) is 0 Å². The molecule has 1 saturated heterocycles. The van der Waals surface area contributed by atoms with E-state index in [1.165, 1.54) is 38.9 Å². The van der Waals surface area contributed by atoms with Gasteiger partial charge in [0.05, 0.1) is 13.2 Å². The molecule has 0 aromatic rings. The molecule has 4 nitrogen and oxygen atoms in total. The zero-order valence-corrected chi connectivity index (χ0v) is 13.0. The first-order chi connectivity index (χ1) is 9.22. The van der Waals surface area contributed by atoms with Gasteiger partial charge < -0.3 is 19.7 Å². The Morgan fingerprint density at radius 1 is 1.21 bits per heavy atom. The molecule has 0 bridgehead atoms. The van der Waals surface area contributed by atoms with Crippen molar-refractivity contribution in [2.24, 2.45) is 0 Å². The fraction of sp³-hybridized carbons (Fsp3) is 1.00. The molecule has 1 atom stereocenters. The fourth-order valence-corrected chi connectivity index (χ4v) is 2.65. The Labute approximate surface area is 118 Å². The van der Waals surface area contributed by atoms with Gasteiger partial charge in [0.15, 0.2) is 0 Å². The highest BCUT2D eigenvalue weighted by Crippen LogP contribution is 2.11. The van der Waals surface area contributed by atoms with Crippen LogP contribution in [0.1, 0.15) is 39.5 Å². The number of hydrogen-bond acceptors (Lipinski definition) is 4. The van der Waals surface area contributed by atoms with E-state index < -0.39 is 0 Å². The molecule has 19 heavy (non-hydrogen) atoms. The molecule has 0 aromatic heterocycles. The van der Waals surface area contributed by atoms with Crippen molar-refractivity contribution >= 4 is 0 Å². The van der Waals surface area contributed by atoms with Crippen LogP contribution in [0.15, 0.2) is 0 Å². The highest BCUT2D eigenvalue weighted by atomic mass is 16.5. The molecule has 0 aliphatic carbocycles. The number of methoxy groups -OCH3 is 1. The molecule has 114 valence electrons. The van der Waals surface area contributed by atoms with Gasteiger partial charge in [-0.1, -0.05) is 13.8 Å². The van der Waals surface area contributed by atoms with Gasteiger partial charge in [-0.15, -0.1) is 0 Å². The van der Waals surface area contributed by atoms with Crippen LogP contribution in [0.2, 0.25) is 0 Å². The highest BCUT2D eigenvalue weighted by molar-refractivity contribution is 4.79. The summed E-state index contributed by atoms with van der Waals surface area (Å²) >= 11 is 0. The van der Waals surface area contributed by atoms with E-state index >= 15 is 0 Å². The lowest BCUT2D eigenvalue weighted by Gasteiger charge is -2.34. The van der Waals surface area contributed by atoms with Crippen LogP contribution in [0.4, 0.5) is 0 Å². The van der Waals surface area contributed by atoms with Crippen LogP contribution >= 0.6 is 0 Å². The fourth-order valence-electron chi connectivity index (χ4n) is 2.65. The van der Waals surface area contributed by atoms with Crippen molar-refractivity contribution in [2.45, 2.75) is 51.6 Å². The van der Waals surface area contributed by atoms with E-state index in [0.717, 1.165) is 19.6 Å². The van der Waals surface area contributed by atoms with Crippen molar-refractivity contribution < 1.29 is 9.47 Å². The van der Waals surface area contributed by atoms with Crippen molar-refractivity contribution in [1.29, 1.82) is 0 Å². The summed E-state index contributed by atoms with van der Waals surface area (Å²) in [5, 5.41) is 3.66. The Morgan fingerprint density at radius 2 is 2.05 bits per heavy atom. The van der Waals surface area contributed by atoms with E-state index in [1.807, 2.05) is 0 Å². The topological polar surface area (TPSA) is 33.7 Å². The molecular formula is C15H32N2O2. The molecule has 0 spiro atoms. The van der Waals surface area contributed by atoms with Crippen LogP contribution in [-0.2, 0) is 9.47 Å². The van der Waals surface area contributed by atoms with Gasteiger partial charge in [-0.25, -0.2) is 0 Å².